The Morgan fingerprint density at radius 1 is 1.33 bits per heavy atom. The maximum Gasteiger partial charge on any atom is 0.119 e. The van der Waals surface area contributed by atoms with Crippen molar-refractivity contribution in [3.63, 3.8) is 0 Å². The Labute approximate surface area is 118 Å². The molecule has 2 nitrogen and oxygen atoms in total. The summed E-state index contributed by atoms with van der Waals surface area (Å²) >= 11 is 4.02. The zero-order valence-corrected chi connectivity index (χ0v) is 12.4. The van der Waals surface area contributed by atoms with E-state index in [1.807, 2.05) is 35.7 Å². The van der Waals surface area contributed by atoms with Gasteiger partial charge in [-0.1, -0.05) is 19.1 Å². The third kappa shape index (κ3) is 3.84. The molecule has 0 bridgehead atoms. The highest BCUT2D eigenvalue weighted by Gasteiger charge is 2.22. The number of thioether (sulfide) groups is 2. The molecule has 0 spiro atoms. The topological polar surface area (TPSA) is 35.2 Å². The van der Waals surface area contributed by atoms with Crippen molar-refractivity contribution in [3.05, 3.63) is 29.8 Å². The van der Waals surface area contributed by atoms with Gasteiger partial charge in [-0.15, -0.1) is 0 Å². The Bertz CT molecular complexity index is 349. The van der Waals surface area contributed by atoms with Crippen LogP contribution in [0.3, 0.4) is 0 Å². The molecule has 0 radical (unpaired) electrons. The molecule has 2 rings (SSSR count). The molecule has 0 amide bonds. The van der Waals surface area contributed by atoms with Gasteiger partial charge in [0.2, 0.25) is 0 Å². The second-order valence-electron chi connectivity index (χ2n) is 4.43. The average molecular weight is 283 g/mol. The van der Waals surface area contributed by atoms with Crippen molar-refractivity contribution in [1.82, 2.24) is 0 Å². The number of hydrogen-bond acceptors (Lipinski definition) is 4. The van der Waals surface area contributed by atoms with E-state index in [-0.39, 0.29) is 6.04 Å². The minimum Gasteiger partial charge on any atom is -0.494 e. The van der Waals surface area contributed by atoms with Gasteiger partial charge >= 0.3 is 0 Å². The van der Waals surface area contributed by atoms with Crippen LogP contribution < -0.4 is 10.5 Å². The van der Waals surface area contributed by atoms with E-state index in [2.05, 4.69) is 19.1 Å². The smallest absolute Gasteiger partial charge is 0.119 e. The van der Waals surface area contributed by atoms with Crippen molar-refractivity contribution in [2.45, 2.75) is 24.6 Å². The fourth-order valence-corrected chi connectivity index (χ4v) is 4.74. The second-order valence-corrected chi connectivity index (χ2v) is 6.92. The van der Waals surface area contributed by atoms with E-state index in [0.717, 1.165) is 18.8 Å². The summed E-state index contributed by atoms with van der Waals surface area (Å²) in [7, 11) is 0. The lowest BCUT2D eigenvalue weighted by molar-refractivity contribution is 0.317. The Kier molecular flexibility index (Phi) is 5.73. The maximum atomic E-state index is 6.34. The number of benzene rings is 1. The SMILES string of the molecule is CCCOc1ccc(C(N)C2CSCCS2)cc1. The van der Waals surface area contributed by atoms with Crippen LogP contribution in [0.5, 0.6) is 5.75 Å². The van der Waals surface area contributed by atoms with E-state index in [0.29, 0.717) is 5.25 Å². The summed E-state index contributed by atoms with van der Waals surface area (Å²) in [5, 5.41) is 0.547. The zero-order valence-electron chi connectivity index (χ0n) is 10.8. The maximum absolute atomic E-state index is 6.34. The molecular formula is C14H21NOS2. The fourth-order valence-electron chi connectivity index (χ4n) is 1.93. The molecule has 0 aromatic heterocycles. The predicted octanol–water partition coefficient (Wildman–Crippen LogP) is 3.32. The second kappa shape index (κ2) is 7.31. The first-order valence-electron chi connectivity index (χ1n) is 6.49. The summed E-state index contributed by atoms with van der Waals surface area (Å²) in [6.45, 7) is 2.89. The third-order valence-electron chi connectivity index (χ3n) is 2.98. The summed E-state index contributed by atoms with van der Waals surface area (Å²) in [6, 6.07) is 8.42. The van der Waals surface area contributed by atoms with Gasteiger partial charge in [0, 0.05) is 28.6 Å². The van der Waals surface area contributed by atoms with Gasteiger partial charge in [0.25, 0.3) is 0 Å². The molecule has 2 unspecified atom stereocenters. The molecule has 1 aromatic carbocycles. The van der Waals surface area contributed by atoms with Crippen molar-refractivity contribution < 1.29 is 4.74 Å². The molecule has 0 saturated carbocycles. The predicted molar refractivity (Wildman–Crippen MR) is 82.7 cm³/mol. The Morgan fingerprint density at radius 2 is 2.11 bits per heavy atom. The van der Waals surface area contributed by atoms with Crippen LogP contribution in [0.15, 0.2) is 24.3 Å². The monoisotopic (exact) mass is 283 g/mol. The van der Waals surface area contributed by atoms with Gasteiger partial charge in [0.05, 0.1) is 6.61 Å². The third-order valence-corrected chi connectivity index (χ3v) is 5.87. The summed E-state index contributed by atoms with van der Waals surface area (Å²) in [6.07, 6.45) is 1.04. The van der Waals surface area contributed by atoms with Crippen molar-refractivity contribution in [1.29, 1.82) is 0 Å². The molecule has 1 aliphatic rings. The number of nitrogens with two attached hydrogens (primary N) is 1. The molecule has 18 heavy (non-hydrogen) atoms. The normalized spacial score (nSPS) is 21.6. The summed E-state index contributed by atoms with van der Waals surface area (Å²) < 4.78 is 5.59. The molecule has 0 aliphatic carbocycles. The molecule has 1 aliphatic heterocycles. The van der Waals surface area contributed by atoms with E-state index in [1.165, 1.54) is 22.8 Å². The van der Waals surface area contributed by atoms with Crippen molar-refractivity contribution in [2.75, 3.05) is 23.9 Å². The molecule has 4 heteroatoms. The van der Waals surface area contributed by atoms with Gasteiger partial charge in [0.15, 0.2) is 0 Å². The molecule has 2 atom stereocenters. The van der Waals surface area contributed by atoms with Gasteiger partial charge < -0.3 is 10.5 Å². The highest BCUT2D eigenvalue weighted by molar-refractivity contribution is 8.06. The molecule has 1 aromatic rings. The van der Waals surface area contributed by atoms with Gasteiger partial charge in [-0.3, -0.25) is 0 Å². The first-order chi connectivity index (χ1) is 8.81. The van der Waals surface area contributed by atoms with Crippen LogP contribution in [0.25, 0.3) is 0 Å². The summed E-state index contributed by atoms with van der Waals surface area (Å²) in [4.78, 5) is 0. The largest absolute Gasteiger partial charge is 0.494 e. The standard InChI is InChI=1S/C14H21NOS2/c1-2-7-16-12-5-3-11(4-6-12)14(15)13-10-17-8-9-18-13/h3-6,13-14H,2,7-10,15H2,1H3. The van der Waals surface area contributed by atoms with Crippen LogP contribution in [0.1, 0.15) is 24.9 Å². The van der Waals surface area contributed by atoms with E-state index in [4.69, 9.17) is 10.5 Å². The fraction of sp³-hybridized carbons (Fsp3) is 0.571. The zero-order chi connectivity index (χ0) is 12.8. The lowest BCUT2D eigenvalue weighted by Crippen LogP contribution is -2.28. The van der Waals surface area contributed by atoms with Gasteiger partial charge in [-0.2, -0.15) is 23.5 Å². The molecule has 2 N–H and O–H groups in total. The van der Waals surface area contributed by atoms with Crippen molar-refractivity contribution in [3.8, 4) is 5.75 Å². The molecular weight excluding hydrogens is 262 g/mol. The van der Waals surface area contributed by atoms with Gasteiger partial charge in [-0.05, 0) is 24.1 Å². The average Bonchev–Trinajstić information content (AvgIpc) is 2.46. The van der Waals surface area contributed by atoms with Crippen LogP contribution in [-0.4, -0.2) is 29.1 Å². The summed E-state index contributed by atoms with van der Waals surface area (Å²) in [5.41, 5.74) is 7.57. The first kappa shape index (κ1) is 14.1. The van der Waals surface area contributed by atoms with Crippen LogP contribution >= 0.6 is 23.5 Å². The lowest BCUT2D eigenvalue weighted by Gasteiger charge is -2.27. The minimum atomic E-state index is 0.142. The molecule has 1 fully saturated rings. The van der Waals surface area contributed by atoms with Gasteiger partial charge in [-0.25, -0.2) is 0 Å². The van der Waals surface area contributed by atoms with Crippen molar-refractivity contribution in [2.24, 2.45) is 5.73 Å². The number of hydrogen-bond donors (Lipinski definition) is 1. The Balaban J connectivity index is 1.95. The van der Waals surface area contributed by atoms with Crippen LogP contribution in [0.2, 0.25) is 0 Å². The highest BCUT2D eigenvalue weighted by atomic mass is 32.2. The lowest BCUT2D eigenvalue weighted by atomic mass is 10.1. The Morgan fingerprint density at radius 3 is 2.72 bits per heavy atom. The van der Waals surface area contributed by atoms with Gasteiger partial charge in [0.1, 0.15) is 5.75 Å². The number of ether oxygens (including phenoxy) is 1. The quantitative estimate of drug-likeness (QED) is 0.899. The van der Waals surface area contributed by atoms with Crippen molar-refractivity contribution >= 4 is 23.5 Å². The first-order valence-corrected chi connectivity index (χ1v) is 8.69. The minimum absolute atomic E-state index is 0.142. The summed E-state index contributed by atoms with van der Waals surface area (Å²) in [5.74, 6) is 4.59. The van der Waals surface area contributed by atoms with E-state index in [9.17, 15) is 0 Å². The molecule has 1 heterocycles. The Hall–Kier alpha value is -0.320. The highest BCUT2D eigenvalue weighted by Crippen LogP contribution is 2.32. The molecule has 1 saturated heterocycles. The number of rotatable bonds is 5. The van der Waals surface area contributed by atoms with Crippen LogP contribution in [-0.2, 0) is 0 Å². The van der Waals surface area contributed by atoms with Crippen LogP contribution in [0.4, 0.5) is 0 Å². The van der Waals surface area contributed by atoms with E-state index in [1.54, 1.807) is 0 Å². The van der Waals surface area contributed by atoms with E-state index >= 15 is 0 Å². The van der Waals surface area contributed by atoms with E-state index < -0.39 is 0 Å². The van der Waals surface area contributed by atoms with Crippen LogP contribution in [0, 0.1) is 0 Å². The molecule has 100 valence electrons.